The molecule has 8 rings (SSSR count). The standard InChI is InChI=1S/C31H34N4O3/c1-18-27(24-9-5-6-10-25(24)34(18)2)28-22-7-3-4-8-23(22)29(37)35(28)17-26(36)32-33-30(38)31-14-19-11-20(15-31)13-21(12-19)16-31/h3-10,19-21,28H,11-17H2,1-2H3,(H,32,36)(H,33,38)/t19?,20?,21?,28-,31?/m1/s1. The van der Waals surface area contributed by atoms with Gasteiger partial charge >= 0.3 is 0 Å². The van der Waals surface area contributed by atoms with Gasteiger partial charge < -0.3 is 9.47 Å². The first-order valence-corrected chi connectivity index (χ1v) is 13.9. The lowest BCUT2D eigenvalue weighted by Gasteiger charge is -2.55. The molecule has 4 fully saturated rings. The van der Waals surface area contributed by atoms with Crippen LogP contribution in [0.3, 0.4) is 0 Å². The van der Waals surface area contributed by atoms with Crippen molar-refractivity contribution in [2.24, 2.45) is 30.2 Å². The van der Waals surface area contributed by atoms with Crippen LogP contribution in [-0.2, 0) is 16.6 Å². The summed E-state index contributed by atoms with van der Waals surface area (Å²) in [6, 6.07) is 15.4. The molecule has 3 amide bonds. The van der Waals surface area contributed by atoms with E-state index in [2.05, 4.69) is 34.5 Å². The topological polar surface area (TPSA) is 83.4 Å². The number of hydrogen-bond donors (Lipinski definition) is 2. The summed E-state index contributed by atoms with van der Waals surface area (Å²) >= 11 is 0. The molecule has 38 heavy (non-hydrogen) atoms. The Hall–Kier alpha value is -3.61. The van der Waals surface area contributed by atoms with Crippen molar-refractivity contribution in [3.8, 4) is 0 Å². The smallest absolute Gasteiger partial charge is 0.258 e. The zero-order valence-corrected chi connectivity index (χ0v) is 22.0. The van der Waals surface area contributed by atoms with Crippen molar-refractivity contribution in [2.45, 2.75) is 51.5 Å². The Bertz CT molecular complexity index is 1450. The van der Waals surface area contributed by atoms with E-state index in [0.29, 0.717) is 23.3 Å². The molecule has 1 atom stereocenters. The van der Waals surface area contributed by atoms with Gasteiger partial charge in [-0.05, 0) is 80.9 Å². The Labute approximate surface area is 222 Å². The largest absolute Gasteiger partial charge is 0.348 e. The van der Waals surface area contributed by atoms with Crippen LogP contribution < -0.4 is 10.9 Å². The van der Waals surface area contributed by atoms with Crippen LogP contribution in [0, 0.1) is 30.1 Å². The summed E-state index contributed by atoms with van der Waals surface area (Å²) in [6.07, 6.45) is 6.57. The lowest BCUT2D eigenvalue weighted by molar-refractivity contribution is -0.149. The van der Waals surface area contributed by atoms with Crippen LogP contribution in [-0.4, -0.2) is 33.7 Å². The maximum absolute atomic E-state index is 13.6. The van der Waals surface area contributed by atoms with Gasteiger partial charge in [-0.15, -0.1) is 0 Å². The second kappa shape index (κ2) is 8.45. The number of fused-ring (bicyclic) bond motifs is 2. The molecule has 0 saturated heterocycles. The van der Waals surface area contributed by atoms with Gasteiger partial charge in [0, 0.05) is 34.8 Å². The van der Waals surface area contributed by atoms with Crippen molar-refractivity contribution < 1.29 is 14.4 Å². The Balaban J connectivity index is 1.14. The molecule has 5 aliphatic rings. The highest BCUT2D eigenvalue weighted by molar-refractivity contribution is 6.03. The lowest BCUT2D eigenvalue weighted by atomic mass is 9.49. The van der Waals surface area contributed by atoms with Gasteiger partial charge in [0.05, 0.1) is 11.5 Å². The van der Waals surface area contributed by atoms with Crippen LogP contribution in [0.1, 0.15) is 71.7 Å². The minimum Gasteiger partial charge on any atom is -0.348 e. The monoisotopic (exact) mass is 510 g/mol. The molecular formula is C31H34N4O3. The Morgan fingerprint density at radius 1 is 0.921 bits per heavy atom. The number of carbonyl (C=O) groups is 3. The molecule has 7 heteroatoms. The van der Waals surface area contributed by atoms with E-state index in [9.17, 15) is 14.4 Å². The van der Waals surface area contributed by atoms with Gasteiger partial charge in [-0.2, -0.15) is 0 Å². The Morgan fingerprint density at radius 2 is 1.55 bits per heavy atom. The van der Waals surface area contributed by atoms with E-state index >= 15 is 0 Å². The molecule has 1 aliphatic heterocycles. The fourth-order valence-electron chi connectivity index (χ4n) is 8.58. The number of nitrogens with zero attached hydrogens (tertiary/aromatic N) is 2. The first kappa shape index (κ1) is 23.5. The molecule has 7 nitrogen and oxygen atoms in total. The van der Waals surface area contributed by atoms with E-state index in [4.69, 9.17) is 0 Å². The van der Waals surface area contributed by atoms with Crippen LogP contribution in [0.5, 0.6) is 0 Å². The third-order valence-corrected chi connectivity index (χ3v) is 9.93. The lowest BCUT2D eigenvalue weighted by Crippen LogP contribution is -2.57. The number of hydrogen-bond acceptors (Lipinski definition) is 3. The number of aromatic nitrogens is 1. The first-order chi connectivity index (χ1) is 18.3. The van der Waals surface area contributed by atoms with Gasteiger partial charge in [-0.3, -0.25) is 25.2 Å². The van der Waals surface area contributed by atoms with E-state index in [1.54, 1.807) is 4.90 Å². The van der Waals surface area contributed by atoms with E-state index in [-0.39, 0.29) is 35.7 Å². The number of carbonyl (C=O) groups excluding carboxylic acids is 3. The first-order valence-electron chi connectivity index (χ1n) is 13.9. The Kier molecular flexibility index (Phi) is 5.23. The van der Waals surface area contributed by atoms with Crippen molar-refractivity contribution in [1.29, 1.82) is 0 Å². The number of amides is 3. The molecule has 2 N–H and O–H groups in total. The molecular weight excluding hydrogens is 476 g/mol. The fraction of sp³-hybridized carbons (Fsp3) is 0.452. The minimum atomic E-state index is -0.382. The summed E-state index contributed by atoms with van der Waals surface area (Å²) in [7, 11) is 2.03. The van der Waals surface area contributed by atoms with Gasteiger partial charge in [-0.25, -0.2) is 0 Å². The predicted octanol–water partition coefficient (Wildman–Crippen LogP) is 4.40. The van der Waals surface area contributed by atoms with Crippen LogP contribution in [0.25, 0.3) is 10.9 Å². The van der Waals surface area contributed by atoms with Crippen molar-refractivity contribution in [2.75, 3.05) is 6.54 Å². The zero-order chi connectivity index (χ0) is 26.2. The molecule has 2 aromatic carbocycles. The van der Waals surface area contributed by atoms with Crippen LogP contribution in [0.15, 0.2) is 48.5 Å². The number of hydrazine groups is 1. The van der Waals surface area contributed by atoms with Gasteiger partial charge in [-0.1, -0.05) is 36.4 Å². The highest BCUT2D eigenvalue weighted by atomic mass is 16.2. The van der Waals surface area contributed by atoms with Crippen LogP contribution in [0.4, 0.5) is 0 Å². The van der Waals surface area contributed by atoms with Crippen molar-refractivity contribution in [3.05, 3.63) is 70.9 Å². The average Bonchev–Trinajstić information content (AvgIpc) is 3.31. The third-order valence-electron chi connectivity index (χ3n) is 9.93. The highest BCUT2D eigenvalue weighted by Gasteiger charge is 2.54. The summed E-state index contributed by atoms with van der Waals surface area (Å²) in [5.41, 5.74) is 9.80. The predicted molar refractivity (Wildman–Crippen MR) is 144 cm³/mol. The number of para-hydroxylation sites is 1. The number of benzene rings is 2. The number of aryl methyl sites for hydroxylation is 1. The van der Waals surface area contributed by atoms with Crippen LogP contribution >= 0.6 is 0 Å². The molecule has 0 spiro atoms. The van der Waals surface area contributed by atoms with Crippen molar-refractivity contribution >= 4 is 28.6 Å². The number of nitrogens with one attached hydrogen (secondary N) is 2. The van der Waals surface area contributed by atoms with Crippen LogP contribution in [0.2, 0.25) is 0 Å². The summed E-state index contributed by atoms with van der Waals surface area (Å²) < 4.78 is 2.14. The maximum Gasteiger partial charge on any atom is 0.258 e. The molecule has 2 heterocycles. The van der Waals surface area contributed by atoms with Gasteiger partial charge in [0.25, 0.3) is 11.8 Å². The SMILES string of the molecule is Cc1c([C@H]2c3ccccc3C(=O)N2CC(=O)NNC(=O)C23CC4CC(CC(C4)C2)C3)c2ccccc2n1C. The van der Waals surface area contributed by atoms with Crippen molar-refractivity contribution in [3.63, 3.8) is 0 Å². The average molecular weight is 511 g/mol. The summed E-state index contributed by atoms with van der Waals surface area (Å²) in [5, 5.41) is 1.07. The molecule has 1 aromatic heterocycles. The van der Waals surface area contributed by atoms with E-state index in [1.807, 2.05) is 43.4 Å². The summed E-state index contributed by atoms with van der Waals surface area (Å²) in [4.78, 5) is 41.8. The van der Waals surface area contributed by atoms with E-state index in [1.165, 1.54) is 19.3 Å². The second-order valence-electron chi connectivity index (χ2n) is 12.2. The van der Waals surface area contributed by atoms with Gasteiger partial charge in [0.1, 0.15) is 6.54 Å². The van der Waals surface area contributed by atoms with E-state index in [0.717, 1.165) is 47.0 Å². The molecule has 4 saturated carbocycles. The third kappa shape index (κ3) is 3.44. The van der Waals surface area contributed by atoms with E-state index < -0.39 is 0 Å². The molecule has 4 bridgehead atoms. The van der Waals surface area contributed by atoms with Gasteiger partial charge in [0.2, 0.25) is 5.91 Å². The summed E-state index contributed by atoms with van der Waals surface area (Å²) in [6.45, 7) is 1.92. The Morgan fingerprint density at radius 3 is 2.26 bits per heavy atom. The fourth-order valence-corrected chi connectivity index (χ4v) is 8.58. The quantitative estimate of drug-likeness (QED) is 0.511. The normalized spacial score (nSPS) is 29.1. The molecule has 196 valence electrons. The minimum absolute atomic E-state index is 0.0533. The molecule has 3 aromatic rings. The maximum atomic E-state index is 13.6. The summed E-state index contributed by atoms with van der Waals surface area (Å²) in [5.74, 6) is 1.34. The highest BCUT2D eigenvalue weighted by Crippen LogP contribution is 2.60. The molecule has 4 aliphatic carbocycles. The molecule has 0 unspecified atom stereocenters. The number of rotatable bonds is 4. The van der Waals surface area contributed by atoms with Crippen molar-refractivity contribution in [1.82, 2.24) is 20.3 Å². The van der Waals surface area contributed by atoms with Gasteiger partial charge in [0.15, 0.2) is 0 Å². The second-order valence-corrected chi connectivity index (χ2v) is 12.2. The zero-order valence-electron chi connectivity index (χ0n) is 22.0. The molecule has 0 radical (unpaired) electrons.